The third kappa shape index (κ3) is 3.67. The smallest absolute Gasteiger partial charge is 0.231 e. The van der Waals surface area contributed by atoms with Gasteiger partial charge < -0.3 is 9.47 Å². The Bertz CT molecular complexity index is 768. The van der Waals surface area contributed by atoms with Crippen LogP contribution >= 0.6 is 0 Å². The van der Waals surface area contributed by atoms with Gasteiger partial charge in [0.15, 0.2) is 0 Å². The lowest BCUT2D eigenvalue weighted by Crippen LogP contribution is -2.43. The highest BCUT2D eigenvalue weighted by Crippen LogP contribution is 2.22. The summed E-state index contributed by atoms with van der Waals surface area (Å²) in [7, 11) is 0. The van der Waals surface area contributed by atoms with Crippen LogP contribution in [-0.4, -0.2) is 39.4 Å². The monoisotopic (exact) mass is 342 g/mol. The van der Waals surface area contributed by atoms with E-state index in [-0.39, 0.29) is 17.7 Å². The molecule has 1 aliphatic heterocycles. The Hall–Kier alpha value is -2.37. The lowest BCUT2D eigenvalue weighted by Gasteiger charge is -2.32. The van der Waals surface area contributed by atoms with Crippen molar-refractivity contribution in [3.05, 3.63) is 24.3 Å². The van der Waals surface area contributed by atoms with Crippen molar-refractivity contribution >= 4 is 28.8 Å². The lowest BCUT2D eigenvalue weighted by atomic mass is 9.97. The zero-order chi connectivity index (χ0) is 17.8. The third-order valence-electron chi connectivity index (χ3n) is 4.81. The van der Waals surface area contributed by atoms with Gasteiger partial charge in [-0.2, -0.15) is 0 Å². The predicted molar refractivity (Wildman–Crippen MR) is 98.2 cm³/mol. The molecular weight excluding hydrogens is 316 g/mol. The minimum atomic E-state index is -0.167. The van der Waals surface area contributed by atoms with Gasteiger partial charge in [0.05, 0.1) is 17.0 Å². The number of likely N-dealkylation sites (tertiary alicyclic amines) is 1. The number of benzene rings is 1. The second-order valence-electron chi connectivity index (χ2n) is 6.59. The van der Waals surface area contributed by atoms with Crippen molar-refractivity contribution in [3.8, 4) is 0 Å². The summed E-state index contributed by atoms with van der Waals surface area (Å²) in [6.07, 6.45) is 3.08. The van der Waals surface area contributed by atoms with Crippen molar-refractivity contribution in [1.82, 2.24) is 14.5 Å². The van der Waals surface area contributed by atoms with E-state index in [1.54, 1.807) is 0 Å². The van der Waals surface area contributed by atoms with Gasteiger partial charge in [0.25, 0.3) is 0 Å². The largest absolute Gasteiger partial charge is 0.342 e. The van der Waals surface area contributed by atoms with Crippen LogP contribution in [0.15, 0.2) is 24.3 Å². The Balaban J connectivity index is 1.73. The Morgan fingerprint density at radius 2 is 2.08 bits per heavy atom. The maximum atomic E-state index is 12.7. The second kappa shape index (κ2) is 7.68. The van der Waals surface area contributed by atoms with Crippen LogP contribution in [0.4, 0.5) is 5.95 Å². The molecule has 2 amide bonds. The van der Waals surface area contributed by atoms with Gasteiger partial charge in [-0.05, 0) is 38.3 Å². The van der Waals surface area contributed by atoms with Gasteiger partial charge in [-0.3, -0.25) is 14.9 Å². The van der Waals surface area contributed by atoms with Crippen LogP contribution in [0.5, 0.6) is 0 Å². The molecule has 1 aliphatic rings. The molecule has 1 unspecified atom stereocenters. The number of nitrogens with one attached hydrogen (secondary N) is 1. The predicted octanol–water partition coefficient (Wildman–Crippen LogP) is 3.03. The highest BCUT2D eigenvalue weighted by atomic mass is 16.2. The van der Waals surface area contributed by atoms with Gasteiger partial charge in [0.1, 0.15) is 0 Å². The summed E-state index contributed by atoms with van der Waals surface area (Å²) in [6, 6.07) is 7.87. The van der Waals surface area contributed by atoms with Crippen molar-refractivity contribution in [2.45, 2.75) is 46.1 Å². The first kappa shape index (κ1) is 17.5. The molecule has 3 rings (SSSR count). The molecule has 1 aromatic heterocycles. The fourth-order valence-electron chi connectivity index (χ4n) is 3.49. The third-order valence-corrected chi connectivity index (χ3v) is 4.81. The van der Waals surface area contributed by atoms with Crippen molar-refractivity contribution in [2.75, 3.05) is 18.4 Å². The number of imidazole rings is 1. The molecule has 1 N–H and O–H groups in total. The molecule has 6 heteroatoms. The number of amides is 2. The Morgan fingerprint density at radius 3 is 2.84 bits per heavy atom. The molecule has 1 aromatic carbocycles. The van der Waals surface area contributed by atoms with E-state index in [9.17, 15) is 9.59 Å². The molecule has 25 heavy (non-hydrogen) atoms. The number of hydrogen-bond donors (Lipinski definition) is 1. The molecule has 6 nitrogen and oxygen atoms in total. The number of piperidine rings is 1. The number of carbonyl (C=O) groups is 2. The molecule has 134 valence electrons. The molecule has 2 heterocycles. The first-order chi connectivity index (χ1) is 12.1. The van der Waals surface area contributed by atoms with Crippen LogP contribution in [0.1, 0.15) is 39.5 Å². The van der Waals surface area contributed by atoms with Crippen molar-refractivity contribution < 1.29 is 9.59 Å². The number of para-hydroxylation sites is 2. The average molecular weight is 342 g/mol. The van der Waals surface area contributed by atoms with Gasteiger partial charge in [0, 0.05) is 26.1 Å². The number of aryl methyl sites for hydroxylation is 1. The normalized spacial score (nSPS) is 17.7. The number of anilines is 1. The van der Waals surface area contributed by atoms with E-state index in [2.05, 4.69) is 10.3 Å². The van der Waals surface area contributed by atoms with Crippen molar-refractivity contribution in [2.24, 2.45) is 5.92 Å². The van der Waals surface area contributed by atoms with E-state index in [1.165, 1.54) is 0 Å². The molecule has 1 saturated heterocycles. The van der Waals surface area contributed by atoms with E-state index in [0.717, 1.165) is 43.4 Å². The number of fused-ring (bicyclic) bond motifs is 1. The standard InChI is InChI=1S/C19H26N4O2/c1-3-8-17(24)22-12-7-9-14(13-22)18(25)21-19-20-15-10-5-6-11-16(15)23(19)4-2/h5-6,10-11,14H,3-4,7-9,12-13H2,1-2H3,(H,20,21,25). The number of hydrogen-bond acceptors (Lipinski definition) is 3. The summed E-state index contributed by atoms with van der Waals surface area (Å²) in [4.78, 5) is 31.2. The van der Waals surface area contributed by atoms with E-state index in [4.69, 9.17) is 0 Å². The Kier molecular flexibility index (Phi) is 5.36. The highest BCUT2D eigenvalue weighted by molar-refractivity contribution is 5.93. The van der Waals surface area contributed by atoms with Gasteiger partial charge in [-0.25, -0.2) is 4.98 Å². The van der Waals surface area contributed by atoms with Gasteiger partial charge in [-0.15, -0.1) is 0 Å². The molecule has 0 radical (unpaired) electrons. The fraction of sp³-hybridized carbons (Fsp3) is 0.526. The molecule has 0 spiro atoms. The van der Waals surface area contributed by atoms with Gasteiger partial charge in [-0.1, -0.05) is 19.1 Å². The summed E-state index contributed by atoms with van der Waals surface area (Å²) >= 11 is 0. The summed E-state index contributed by atoms with van der Waals surface area (Å²) in [5.74, 6) is 0.533. The van der Waals surface area contributed by atoms with Crippen molar-refractivity contribution in [3.63, 3.8) is 0 Å². The van der Waals surface area contributed by atoms with Crippen LogP contribution in [0.3, 0.4) is 0 Å². The molecule has 2 aromatic rings. The lowest BCUT2D eigenvalue weighted by molar-refractivity contribution is -0.134. The van der Waals surface area contributed by atoms with Crippen LogP contribution in [0, 0.1) is 5.92 Å². The molecule has 1 fully saturated rings. The second-order valence-corrected chi connectivity index (χ2v) is 6.59. The van der Waals surface area contributed by atoms with Gasteiger partial charge >= 0.3 is 0 Å². The molecular formula is C19H26N4O2. The molecule has 0 aliphatic carbocycles. The first-order valence-corrected chi connectivity index (χ1v) is 9.18. The topological polar surface area (TPSA) is 67.2 Å². The Labute approximate surface area is 148 Å². The van der Waals surface area contributed by atoms with Crippen molar-refractivity contribution in [1.29, 1.82) is 0 Å². The maximum absolute atomic E-state index is 12.7. The van der Waals surface area contributed by atoms with Crippen LogP contribution in [0.2, 0.25) is 0 Å². The minimum Gasteiger partial charge on any atom is -0.342 e. The Morgan fingerprint density at radius 1 is 1.28 bits per heavy atom. The zero-order valence-electron chi connectivity index (χ0n) is 15.0. The quantitative estimate of drug-likeness (QED) is 0.908. The minimum absolute atomic E-state index is 0.0426. The van der Waals surface area contributed by atoms with Crippen LogP contribution < -0.4 is 5.32 Å². The summed E-state index contributed by atoms with van der Waals surface area (Å²) in [6.45, 7) is 6.05. The number of nitrogens with zero attached hydrogens (tertiary/aromatic N) is 3. The van der Waals surface area contributed by atoms with Crippen LogP contribution in [-0.2, 0) is 16.1 Å². The van der Waals surface area contributed by atoms with E-state index < -0.39 is 0 Å². The van der Waals surface area contributed by atoms with Crippen LogP contribution in [0.25, 0.3) is 11.0 Å². The number of carbonyl (C=O) groups excluding carboxylic acids is 2. The molecule has 0 saturated carbocycles. The summed E-state index contributed by atoms with van der Waals surface area (Å²) in [5, 5.41) is 2.99. The first-order valence-electron chi connectivity index (χ1n) is 9.18. The highest BCUT2D eigenvalue weighted by Gasteiger charge is 2.28. The summed E-state index contributed by atoms with van der Waals surface area (Å²) in [5.41, 5.74) is 1.90. The number of aromatic nitrogens is 2. The van der Waals surface area contributed by atoms with E-state index in [1.807, 2.05) is 47.6 Å². The van der Waals surface area contributed by atoms with Gasteiger partial charge in [0.2, 0.25) is 17.8 Å². The molecule has 1 atom stereocenters. The molecule has 0 bridgehead atoms. The van der Waals surface area contributed by atoms with E-state index >= 15 is 0 Å². The SMILES string of the molecule is CCCC(=O)N1CCCC(C(=O)Nc2nc3ccccc3n2CC)C1. The number of rotatable bonds is 5. The maximum Gasteiger partial charge on any atom is 0.231 e. The average Bonchev–Trinajstić information content (AvgIpc) is 2.99. The fourth-order valence-corrected chi connectivity index (χ4v) is 3.49. The summed E-state index contributed by atoms with van der Waals surface area (Å²) < 4.78 is 2.01. The van der Waals surface area contributed by atoms with E-state index in [0.29, 0.717) is 18.9 Å². The zero-order valence-corrected chi connectivity index (χ0v) is 15.0.